The highest BCUT2D eigenvalue weighted by Crippen LogP contribution is 2.21. The lowest BCUT2D eigenvalue weighted by Gasteiger charge is -2.27. The Morgan fingerprint density at radius 3 is 2.67 bits per heavy atom. The number of sulfone groups is 1. The predicted octanol–water partition coefficient (Wildman–Crippen LogP) is 0.941. The summed E-state index contributed by atoms with van der Waals surface area (Å²) in [4.78, 5) is 26.0. The van der Waals surface area contributed by atoms with Gasteiger partial charge in [0.2, 0.25) is 0 Å². The number of carbonyl (C=O) groups excluding carboxylic acids is 2. The Balaban J connectivity index is 2.12. The second-order valence-electron chi connectivity index (χ2n) is 5.48. The van der Waals surface area contributed by atoms with Crippen LogP contribution in [-0.4, -0.2) is 62.9 Å². The summed E-state index contributed by atoms with van der Waals surface area (Å²) in [5, 5.41) is 2.77. The van der Waals surface area contributed by atoms with Gasteiger partial charge in [-0.2, -0.15) is 0 Å². The summed E-state index contributed by atoms with van der Waals surface area (Å²) < 4.78 is 28.3. The van der Waals surface area contributed by atoms with E-state index in [-0.39, 0.29) is 24.7 Å². The lowest BCUT2D eigenvalue weighted by molar-refractivity contribution is -0.144. The Labute approximate surface area is 145 Å². The zero-order chi connectivity index (χ0) is 17.7. The molecule has 9 heteroatoms. The zero-order valence-corrected chi connectivity index (χ0v) is 14.8. The molecule has 0 spiro atoms. The average Bonchev–Trinajstić information content (AvgIpc) is 2.89. The van der Waals surface area contributed by atoms with E-state index in [1.54, 1.807) is 24.3 Å². The molecule has 1 aliphatic rings. The molecule has 1 saturated heterocycles. The molecule has 1 fully saturated rings. The molecule has 1 aromatic rings. The quantitative estimate of drug-likeness (QED) is 0.774. The summed E-state index contributed by atoms with van der Waals surface area (Å²) in [5.41, 5.74) is 0.322. The normalized spacial score (nSPS) is 19.0. The standard InChI is InChI=1S/C15H19ClN2O5S/c1-23-8-7-18(11-6-9-24(21,22)10-11)15(20)14(19)17-13-5-3-2-4-12(13)16/h2-5,11H,6-10H2,1H3,(H,17,19). The van der Waals surface area contributed by atoms with E-state index in [1.165, 1.54) is 12.0 Å². The molecule has 7 nitrogen and oxygen atoms in total. The zero-order valence-electron chi connectivity index (χ0n) is 13.2. The molecule has 1 N–H and O–H groups in total. The molecule has 0 saturated carbocycles. The van der Waals surface area contributed by atoms with Crippen LogP contribution < -0.4 is 5.32 Å². The number of rotatable bonds is 5. The lowest BCUT2D eigenvalue weighted by atomic mass is 10.2. The lowest BCUT2D eigenvalue weighted by Crippen LogP contribution is -2.48. The van der Waals surface area contributed by atoms with Gasteiger partial charge in [0.15, 0.2) is 9.84 Å². The summed E-state index contributed by atoms with van der Waals surface area (Å²) in [6, 6.07) is 6.03. The van der Waals surface area contributed by atoms with Crippen molar-refractivity contribution in [1.82, 2.24) is 4.90 Å². The first-order valence-electron chi connectivity index (χ1n) is 7.40. The Kier molecular flexibility index (Phi) is 6.20. The average molecular weight is 375 g/mol. The minimum absolute atomic E-state index is 0.0144. The third kappa shape index (κ3) is 4.68. The van der Waals surface area contributed by atoms with E-state index in [1.807, 2.05) is 0 Å². The fourth-order valence-electron chi connectivity index (χ4n) is 2.53. The van der Waals surface area contributed by atoms with Crippen molar-refractivity contribution in [2.45, 2.75) is 12.5 Å². The molecule has 1 heterocycles. The number of nitrogens with one attached hydrogen (secondary N) is 1. The van der Waals surface area contributed by atoms with Gasteiger partial charge in [0, 0.05) is 19.7 Å². The molecule has 0 aliphatic carbocycles. The van der Waals surface area contributed by atoms with E-state index in [0.717, 1.165) is 0 Å². The van der Waals surface area contributed by atoms with Crippen LogP contribution in [-0.2, 0) is 24.2 Å². The molecule has 0 bridgehead atoms. The van der Waals surface area contributed by atoms with Gasteiger partial charge >= 0.3 is 11.8 Å². The van der Waals surface area contributed by atoms with E-state index >= 15 is 0 Å². The summed E-state index contributed by atoms with van der Waals surface area (Å²) in [6.07, 6.45) is 0.317. The van der Waals surface area contributed by atoms with Crippen LogP contribution in [0.2, 0.25) is 5.02 Å². The number of hydrogen-bond acceptors (Lipinski definition) is 5. The van der Waals surface area contributed by atoms with Crippen LogP contribution in [0.25, 0.3) is 0 Å². The maximum atomic E-state index is 12.5. The van der Waals surface area contributed by atoms with Gasteiger partial charge in [-0.1, -0.05) is 23.7 Å². The smallest absolute Gasteiger partial charge is 0.313 e. The maximum Gasteiger partial charge on any atom is 0.313 e. The van der Waals surface area contributed by atoms with Gasteiger partial charge in [0.25, 0.3) is 0 Å². The van der Waals surface area contributed by atoms with Crippen molar-refractivity contribution in [3.8, 4) is 0 Å². The molecule has 132 valence electrons. The summed E-state index contributed by atoms with van der Waals surface area (Å²) in [5.74, 6) is -1.78. The number of para-hydroxylation sites is 1. The summed E-state index contributed by atoms with van der Waals surface area (Å²) in [6.45, 7) is 0.354. The molecule has 24 heavy (non-hydrogen) atoms. The molecule has 0 aromatic heterocycles. The minimum Gasteiger partial charge on any atom is -0.383 e. The van der Waals surface area contributed by atoms with Crippen LogP contribution in [0.3, 0.4) is 0 Å². The van der Waals surface area contributed by atoms with Crippen LogP contribution in [0.15, 0.2) is 24.3 Å². The number of benzene rings is 1. The van der Waals surface area contributed by atoms with Crippen molar-refractivity contribution in [3.63, 3.8) is 0 Å². The molecule has 1 unspecified atom stereocenters. The fraction of sp³-hybridized carbons (Fsp3) is 0.467. The van der Waals surface area contributed by atoms with Gasteiger partial charge in [-0.05, 0) is 18.6 Å². The SMILES string of the molecule is COCCN(C(=O)C(=O)Nc1ccccc1Cl)C1CCS(=O)(=O)C1. The van der Waals surface area contributed by atoms with Crippen LogP contribution >= 0.6 is 11.6 Å². The number of nitrogens with zero attached hydrogens (tertiary/aromatic N) is 1. The fourth-order valence-corrected chi connectivity index (χ4v) is 4.44. The van der Waals surface area contributed by atoms with Crippen LogP contribution in [0, 0.1) is 0 Å². The Bertz CT molecular complexity index is 722. The molecule has 2 amide bonds. The Morgan fingerprint density at radius 2 is 2.08 bits per heavy atom. The van der Waals surface area contributed by atoms with Crippen molar-refractivity contribution in [3.05, 3.63) is 29.3 Å². The highest BCUT2D eigenvalue weighted by atomic mass is 35.5. The number of methoxy groups -OCH3 is 1. The van der Waals surface area contributed by atoms with E-state index < -0.39 is 27.7 Å². The molecule has 1 atom stereocenters. The van der Waals surface area contributed by atoms with Gasteiger partial charge in [-0.3, -0.25) is 9.59 Å². The van der Waals surface area contributed by atoms with Crippen molar-refractivity contribution in [2.75, 3.05) is 37.1 Å². The molecule has 1 aromatic carbocycles. The van der Waals surface area contributed by atoms with Gasteiger partial charge in [0.05, 0.1) is 28.8 Å². The van der Waals surface area contributed by atoms with Crippen molar-refractivity contribution in [2.24, 2.45) is 0 Å². The highest BCUT2D eigenvalue weighted by molar-refractivity contribution is 7.91. The molecule has 2 rings (SSSR count). The van der Waals surface area contributed by atoms with Crippen LogP contribution in [0.1, 0.15) is 6.42 Å². The first-order valence-corrected chi connectivity index (χ1v) is 9.60. The van der Waals surface area contributed by atoms with Crippen molar-refractivity contribution in [1.29, 1.82) is 0 Å². The Morgan fingerprint density at radius 1 is 1.38 bits per heavy atom. The third-order valence-corrected chi connectivity index (χ3v) is 5.84. The second kappa shape index (κ2) is 7.96. The van der Waals surface area contributed by atoms with Gasteiger partial charge in [0.1, 0.15) is 0 Å². The number of ether oxygens (including phenoxy) is 1. The van der Waals surface area contributed by atoms with Gasteiger partial charge < -0.3 is 15.0 Å². The summed E-state index contributed by atoms with van der Waals surface area (Å²) in [7, 11) is -1.71. The third-order valence-electron chi connectivity index (χ3n) is 3.76. The number of amides is 2. The van der Waals surface area contributed by atoms with Gasteiger partial charge in [-0.15, -0.1) is 0 Å². The number of anilines is 1. The van der Waals surface area contributed by atoms with Gasteiger partial charge in [-0.25, -0.2) is 8.42 Å². The summed E-state index contributed by atoms with van der Waals surface area (Å²) >= 11 is 5.96. The largest absolute Gasteiger partial charge is 0.383 e. The molecular formula is C15H19ClN2O5S. The van der Waals surface area contributed by atoms with Crippen molar-refractivity contribution < 1.29 is 22.7 Å². The van der Waals surface area contributed by atoms with E-state index in [4.69, 9.17) is 16.3 Å². The first kappa shape index (κ1) is 18.7. The maximum absolute atomic E-state index is 12.5. The van der Waals surface area contributed by atoms with E-state index in [2.05, 4.69) is 5.32 Å². The predicted molar refractivity (Wildman–Crippen MR) is 90.7 cm³/mol. The number of carbonyl (C=O) groups is 2. The Hall–Kier alpha value is -1.64. The van der Waals surface area contributed by atoms with Crippen LogP contribution in [0.4, 0.5) is 5.69 Å². The van der Waals surface area contributed by atoms with E-state index in [0.29, 0.717) is 17.1 Å². The topological polar surface area (TPSA) is 92.8 Å². The van der Waals surface area contributed by atoms with E-state index in [9.17, 15) is 18.0 Å². The molecule has 0 radical (unpaired) electrons. The number of halogens is 1. The molecule has 1 aliphatic heterocycles. The number of hydrogen-bond donors (Lipinski definition) is 1. The molecular weight excluding hydrogens is 356 g/mol. The van der Waals surface area contributed by atoms with Crippen molar-refractivity contribution >= 4 is 38.9 Å². The highest BCUT2D eigenvalue weighted by Gasteiger charge is 2.36. The van der Waals surface area contributed by atoms with Crippen LogP contribution in [0.5, 0.6) is 0 Å². The minimum atomic E-state index is -3.18. The first-order chi connectivity index (χ1) is 11.3. The second-order valence-corrected chi connectivity index (χ2v) is 8.12. The monoisotopic (exact) mass is 374 g/mol.